The van der Waals surface area contributed by atoms with Crippen LogP contribution >= 0.6 is 0 Å². The molecule has 1 aliphatic heterocycles. The SMILES string of the molecule is COC(=O)c1nc(N2C[C@H]3C[C@@H](Nc4ccccn4)[C@H](OC)C[C@H]3C2)n(C)n1. The number of nitrogens with one attached hydrogen (secondary N) is 1. The van der Waals surface area contributed by atoms with Gasteiger partial charge in [-0.25, -0.2) is 14.5 Å². The van der Waals surface area contributed by atoms with Crippen LogP contribution in [0.4, 0.5) is 11.8 Å². The number of aromatic nitrogens is 4. The maximum absolute atomic E-state index is 11.7. The molecule has 9 heteroatoms. The number of esters is 1. The Morgan fingerprint density at radius 3 is 2.68 bits per heavy atom. The molecule has 0 bridgehead atoms. The van der Waals surface area contributed by atoms with Crippen LogP contribution in [0.2, 0.25) is 0 Å². The van der Waals surface area contributed by atoms with Gasteiger partial charge in [-0.2, -0.15) is 4.98 Å². The number of aryl methyl sites for hydroxylation is 1. The van der Waals surface area contributed by atoms with Crippen molar-refractivity contribution in [2.24, 2.45) is 18.9 Å². The standard InChI is InChI=1S/C19H26N6O3/c1-24-19(22-17(23-24)18(26)28-3)25-10-12-8-14(15(27-2)9-13(12)11-25)21-16-6-4-5-7-20-16/h4-7,12-15H,8-11H2,1-3H3,(H,20,21)/t12-,13+,14-,15-/m1/s1. The van der Waals surface area contributed by atoms with Gasteiger partial charge in [0.25, 0.3) is 5.82 Å². The molecule has 1 aliphatic carbocycles. The zero-order valence-corrected chi connectivity index (χ0v) is 16.4. The van der Waals surface area contributed by atoms with Crippen molar-refractivity contribution in [3.05, 3.63) is 30.2 Å². The highest BCUT2D eigenvalue weighted by Crippen LogP contribution is 2.39. The molecule has 1 N–H and O–H groups in total. The number of methoxy groups -OCH3 is 2. The second-order valence-electron chi connectivity index (χ2n) is 7.49. The Morgan fingerprint density at radius 2 is 2.00 bits per heavy atom. The van der Waals surface area contributed by atoms with E-state index in [0.717, 1.165) is 31.7 Å². The lowest BCUT2D eigenvalue weighted by atomic mass is 9.77. The van der Waals surface area contributed by atoms with E-state index in [2.05, 4.69) is 25.3 Å². The molecular formula is C19H26N6O3. The van der Waals surface area contributed by atoms with Crippen molar-refractivity contribution >= 4 is 17.7 Å². The van der Waals surface area contributed by atoms with Gasteiger partial charge < -0.3 is 19.7 Å². The van der Waals surface area contributed by atoms with Crippen LogP contribution in [0.15, 0.2) is 24.4 Å². The summed E-state index contributed by atoms with van der Waals surface area (Å²) in [5.41, 5.74) is 0. The zero-order valence-electron chi connectivity index (χ0n) is 16.4. The highest BCUT2D eigenvalue weighted by molar-refractivity contribution is 5.85. The normalized spacial score (nSPS) is 26.8. The monoisotopic (exact) mass is 386 g/mol. The first-order valence-corrected chi connectivity index (χ1v) is 9.53. The van der Waals surface area contributed by atoms with E-state index >= 15 is 0 Å². The van der Waals surface area contributed by atoms with Crippen molar-refractivity contribution in [1.82, 2.24) is 19.7 Å². The highest BCUT2D eigenvalue weighted by atomic mass is 16.5. The summed E-state index contributed by atoms with van der Waals surface area (Å²) < 4.78 is 12.2. The zero-order chi connectivity index (χ0) is 19.7. The Balaban J connectivity index is 1.48. The lowest BCUT2D eigenvalue weighted by Crippen LogP contribution is -2.44. The number of anilines is 2. The van der Waals surface area contributed by atoms with E-state index in [1.807, 2.05) is 18.2 Å². The van der Waals surface area contributed by atoms with E-state index in [1.54, 1.807) is 25.0 Å². The van der Waals surface area contributed by atoms with E-state index in [-0.39, 0.29) is 18.0 Å². The number of hydrogen-bond acceptors (Lipinski definition) is 8. The summed E-state index contributed by atoms with van der Waals surface area (Å²) in [7, 11) is 4.92. The average Bonchev–Trinajstić information content (AvgIpc) is 3.30. The summed E-state index contributed by atoms with van der Waals surface area (Å²) in [6.45, 7) is 1.77. The molecule has 0 unspecified atom stereocenters. The van der Waals surface area contributed by atoms with Gasteiger partial charge in [-0.3, -0.25) is 0 Å². The predicted molar refractivity (Wildman–Crippen MR) is 103 cm³/mol. The van der Waals surface area contributed by atoms with Crippen LogP contribution in [0.25, 0.3) is 0 Å². The average molecular weight is 386 g/mol. The number of pyridine rings is 1. The summed E-state index contributed by atoms with van der Waals surface area (Å²) >= 11 is 0. The first kappa shape index (κ1) is 18.7. The second-order valence-corrected chi connectivity index (χ2v) is 7.49. The smallest absolute Gasteiger partial charge is 0.378 e. The number of hydrogen-bond donors (Lipinski definition) is 1. The molecule has 28 heavy (non-hydrogen) atoms. The molecule has 0 aromatic carbocycles. The van der Waals surface area contributed by atoms with Crippen LogP contribution in [-0.2, 0) is 16.5 Å². The van der Waals surface area contributed by atoms with Crippen molar-refractivity contribution in [3.8, 4) is 0 Å². The highest BCUT2D eigenvalue weighted by Gasteiger charge is 2.43. The quantitative estimate of drug-likeness (QED) is 0.770. The number of carbonyl (C=O) groups excluding carboxylic acids is 1. The molecule has 3 heterocycles. The molecule has 2 fully saturated rings. The predicted octanol–water partition coefficient (Wildman–Crippen LogP) is 1.34. The lowest BCUT2D eigenvalue weighted by molar-refractivity contribution is 0.0305. The Labute approximate surface area is 164 Å². The fraction of sp³-hybridized carbons (Fsp3) is 0.579. The Hall–Kier alpha value is -2.68. The van der Waals surface area contributed by atoms with E-state index in [9.17, 15) is 4.79 Å². The summed E-state index contributed by atoms with van der Waals surface area (Å²) in [6, 6.07) is 6.08. The molecule has 0 spiro atoms. The van der Waals surface area contributed by atoms with Crippen LogP contribution in [0.5, 0.6) is 0 Å². The fourth-order valence-corrected chi connectivity index (χ4v) is 4.46. The minimum absolute atomic E-state index is 0.0966. The second kappa shape index (κ2) is 7.75. The molecule has 2 aromatic heterocycles. The van der Waals surface area contributed by atoms with Gasteiger partial charge in [0.1, 0.15) is 5.82 Å². The van der Waals surface area contributed by atoms with Gasteiger partial charge in [0, 0.05) is 33.4 Å². The first-order chi connectivity index (χ1) is 13.6. The molecule has 1 saturated carbocycles. The van der Waals surface area contributed by atoms with Crippen LogP contribution in [-0.4, -0.2) is 65.2 Å². The minimum atomic E-state index is -0.516. The molecule has 150 valence electrons. The van der Waals surface area contributed by atoms with Gasteiger partial charge in [0.05, 0.1) is 19.3 Å². The molecule has 2 aliphatic rings. The van der Waals surface area contributed by atoms with Crippen molar-refractivity contribution in [1.29, 1.82) is 0 Å². The third-order valence-electron chi connectivity index (χ3n) is 5.81. The summed E-state index contributed by atoms with van der Waals surface area (Å²) in [5, 5.41) is 7.73. The number of fused-ring (bicyclic) bond motifs is 1. The maximum Gasteiger partial charge on any atom is 0.378 e. The van der Waals surface area contributed by atoms with E-state index in [1.165, 1.54) is 7.11 Å². The van der Waals surface area contributed by atoms with Gasteiger partial charge in [0.2, 0.25) is 5.95 Å². The molecular weight excluding hydrogens is 360 g/mol. The number of nitrogens with zero attached hydrogens (tertiary/aromatic N) is 5. The first-order valence-electron chi connectivity index (χ1n) is 9.53. The summed E-state index contributed by atoms with van der Waals surface area (Å²) in [5.74, 6) is 2.20. The van der Waals surface area contributed by atoms with Gasteiger partial charge in [-0.1, -0.05) is 6.07 Å². The summed E-state index contributed by atoms with van der Waals surface area (Å²) in [4.78, 5) is 22.7. The van der Waals surface area contributed by atoms with Crippen molar-refractivity contribution < 1.29 is 14.3 Å². The Morgan fingerprint density at radius 1 is 1.21 bits per heavy atom. The van der Waals surface area contributed by atoms with Gasteiger partial charge in [0.15, 0.2) is 0 Å². The molecule has 1 saturated heterocycles. The number of ether oxygens (including phenoxy) is 2. The third kappa shape index (κ3) is 3.54. The number of carbonyl (C=O) groups is 1. The van der Waals surface area contributed by atoms with Crippen LogP contribution in [0.1, 0.15) is 23.5 Å². The Bertz CT molecular complexity index is 826. The van der Waals surface area contributed by atoms with Gasteiger partial charge >= 0.3 is 5.97 Å². The van der Waals surface area contributed by atoms with Crippen LogP contribution in [0, 0.1) is 11.8 Å². The van der Waals surface area contributed by atoms with Crippen LogP contribution < -0.4 is 10.2 Å². The largest absolute Gasteiger partial charge is 0.463 e. The van der Waals surface area contributed by atoms with Gasteiger partial charge in [-0.05, 0) is 36.8 Å². The molecule has 2 aromatic rings. The van der Waals surface area contributed by atoms with E-state index in [4.69, 9.17) is 9.47 Å². The fourth-order valence-electron chi connectivity index (χ4n) is 4.46. The van der Waals surface area contributed by atoms with Crippen molar-refractivity contribution in [2.45, 2.75) is 25.0 Å². The van der Waals surface area contributed by atoms with Crippen molar-refractivity contribution in [2.75, 3.05) is 37.5 Å². The topological polar surface area (TPSA) is 94.4 Å². The summed E-state index contributed by atoms with van der Waals surface area (Å²) in [6.07, 6.45) is 3.90. The minimum Gasteiger partial charge on any atom is -0.463 e. The third-order valence-corrected chi connectivity index (χ3v) is 5.81. The van der Waals surface area contributed by atoms with Crippen molar-refractivity contribution in [3.63, 3.8) is 0 Å². The number of rotatable bonds is 5. The van der Waals surface area contributed by atoms with Gasteiger partial charge in [-0.15, -0.1) is 5.10 Å². The Kier molecular flexibility index (Phi) is 5.17. The molecule has 4 atom stereocenters. The van der Waals surface area contributed by atoms with E-state index < -0.39 is 5.97 Å². The molecule has 9 nitrogen and oxygen atoms in total. The molecule has 0 amide bonds. The lowest BCUT2D eigenvalue weighted by Gasteiger charge is -2.37. The van der Waals surface area contributed by atoms with E-state index in [0.29, 0.717) is 17.8 Å². The molecule has 4 rings (SSSR count). The molecule has 0 radical (unpaired) electrons. The maximum atomic E-state index is 11.7. The van der Waals surface area contributed by atoms with Crippen LogP contribution in [0.3, 0.4) is 0 Å².